The van der Waals surface area contributed by atoms with Crippen molar-refractivity contribution in [3.8, 4) is 11.5 Å². The Bertz CT molecular complexity index is 1330. The first kappa shape index (κ1) is 26.6. The van der Waals surface area contributed by atoms with Crippen molar-refractivity contribution in [2.24, 2.45) is 5.73 Å². The third-order valence-corrected chi connectivity index (χ3v) is 8.35. The van der Waals surface area contributed by atoms with E-state index in [-0.39, 0.29) is 32.9 Å². The van der Waals surface area contributed by atoms with Crippen LogP contribution in [0.15, 0.2) is 52.3 Å². The number of rotatable bonds is 8. The first-order valence-corrected chi connectivity index (χ1v) is 14.1. The van der Waals surface area contributed by atoms with E-state index >= 15 is 0 Å². The van der Waals surface area contributed by atoms with Crippen molar-refractivity contribution in [3.63, 3.8) is 0 Å². The molecule has 1 saturated heterocycles. The molecule has 6 N–H and O–H groups in total. The quantitative estimate of drug-likeness (QED) is 0.254. The SMILES string of the molecule is CC(C)(NS(=O)(=O)c1ccc(Oc2ccc(C(=O)NC(=N)N)cc2S(C)(=O)=O)cc1)C1CCCN1. The van der Waals surface area contributed by atoms with E-state index in [0.717, 1.165) is 31.7 Å². The summed E-state index contributed by atoms with van der Waals surface area (Å²) in [5.74, 6) is -1.17. The molecule has 11 nitrogen and oxygen atoms in total. The first-order valence-electron chi connectivity index (χ1n) is 10.7. The number of guanidine groups is 1. The number of hydrogen-bond acceptors (Lipinski definition) is 8. The standard InChI is InChI=1S/C22H29N5O6S2/c1-22(2,19-5-4-12-25-19)27-35(31,32)16-9-7-15(8-10-16)33-17-11-6-14(20(28)26-21(23)24)13-18(17)34(3,29)30/h6-11,13,19,25,27H,4-5,12H2,1-3H3,(H4,23,24,26,28). The molecular formula is C22H29N5O6S2. The fourth-order valence-electron chi connectivity index (χ4n) is 3.81. The Kier molecular flexibility index (Phi) is 7.55. The van der Waals surface area contributed by atoms with Gasteiger partial charge < -0.3 is 15.8 Å². The molecule has 1 heterocycles. The summed E-state index contributed by atoms with van der Waals surface area (Å²) in [4.78, 5) is 11.9. The van der Waals surface area contributed by atoms with Gasteiger partial charge in [0.05, 0.1) is 4.90 Å². The number of nitrogens with two attached hydrogens (primary N) is 1. The minimum Gasteiger partial charge on any atom is -0.456 e. The molecule has 1 aliphatic heterocycles. The van der Waals surface area contributed by atoms with Crippen LogP contribution >= 0.6 is 0 Å². The van der Waals surface area contributed by atoms with E-state index in [1.165, 1.54) is 36.4 Å². The molecule has 1 unspecified atom stereocenters. The topological polar surface area (TPSA) is 181 Å². The Morgan fingerprint density at radius 2 is 1.80 bits per heavy atom. The summed E-state index contributed by atoms with van der Waals surface area (Å²) < 4.78 is 58.9. The molecule has 3 rings (SSSR count). The van der Waals surface area contributed by atoms with Crippen LogP contribution in [-0.4, -0.2) is 53.1 Å². The maximum Gasteiger partial charge on any atom is 0.257 e. The minimum absolute atomic E-state index is 0.0230. The molecule has 35 heavy (non-hydrogen) atoms. The zero-order valence-electron chi connectivity index (χ0n) is 19.6. The van der Waals surface area contributed by atoms with Gasteiger partial charge in [0.25, 0.3) is 5.91 Å². The highest BCUT2D eigenvalue weighted by molar-refractivity contribution is 7.90. The molecular weight excluding hydrogens is 494 g/mol. The van der Waals surface area contributed by atoms with Gasteiger partial charge >= 0.3 is 0 Å². The maximum absolute atomic E-state index is 12.9. The van der Waals surface area contributed by atoms with Gasteiger partial charge in [0.2, 0.25) is 10.0 Å². The van der Waals surface area contributed by atoms with E-state index in [2.05, 4.69) is 15.4 Å². The smallest absolute Gasteiger partial charge is 0.257 e. The Morgan fingerprint density at radius 3 is 2.34 bits per heavy atom. The number of sulfonamides is 1. The molecule has 0 bridgehead atoms. The molecule has 1 fully saturated rings. The molecule has 1 amide bonds. The Morgan fingerprint density at radius 1 is 1.14 bits per heavy atom. The predicted molar refractivity (Wildman–Crippen MR) is 131 cm³/mol. The average molecular weight is 524 g/mol. The summed E-state index contributed by atoms with van der Waals surface area (Å²) in [5.41, 5.74) is 4.44. The van der Waals surface area contributed by atoms with Crippen LogP contribution in [-0.2, 0) is 19.9 Å². The highest BCUT2D eigenvalue weighted by Crippen LogP contribution is 2.31. The zero-order chi connectivity index (χ0) is 26.0. The number of nitrogens with one attached hydrogen (secondary N) is 4. The van der Waals surface area contributed by atoms with Crippen LogP contribution < -0.4 is 25.8 Å². The van der Waals surface area contributed by atoms with Crippen LogP contribution in [0, 0.1) is 5.41 Å². The van der Waals surface area contributed by atoms with Gasteiger partial charge in [-0.25, -0.2) is 21.6 Å². The van der Waals surface area contributed by atoms with Crippen molar-refractivity contribution in [2.75, 3.05) is 12.8 Å². The van der Waals surface area contributed by atoms with Crippen LogP contribution in [0.4, 0.5) is 0 Å². The third-order valence-electron chi connectivity index (χ3n) is 5.54. The molecule has 0 aliphatic carbocycles. The van der Waals surface area contributed by atoms with Crippen LogP contribution in [0.2, 0.25) is 0 Å². The van der Waals surface area contributed by atoms with Gasteiger partial charge in [0.1, 0.15) is 16.4 Å². The van der Waals surface area contributed by atoms with Gasteiger partial charge in [-0.1, -0.05) is 0 Å². The molecule has 2 aromatic rings. The summed E-state index contributed by atoms with van der Waals surface area (Å²) in [6.07, 6.45) is 2.82. The van der Waals surface area contributed by atoms with Crippen molar-refractivity contribution in [2.45, 2.75) is 48.1 Å². The van der Waals surface area contributed by atoms with Gasteiger partial charge in [-0.3, -0.25) is 15.5 Å². The monoisotopic (exact) mass is 523 g/mol. The van der Waals surface area contributed by atoms with E-state index in [1.54, 1.807) is 0 Å². The predicted octanol–water partition coefficient (Wildman–Crippen LogP) is 1.31. The molecule has 0 saturated carbocycles. The lowest BCUT2D eigenvalue weighted by Gasteiger charge is -2.32. The van der Waals surface area contributed by atoms with Gasteiger partial charge in [0, 0.05) is 23.4 Å². The van der Waals surface area contributed by atoms with E-state index in [4.69, 9.17) is 15.9 Å². The lowest BCUT2D eigenvalue weighted by molar-refractivity contribution is 0.0976. The number of hydrogen-bond donors (Lipinski definition) is 5. The second-order valence-electron chi connectivity index (χ2n) is 8.85. The Labute approximate surface area is 204 Å². The largest absolute Gasteiger partial charge is 0.456 e. The number of ether oxygens (including phenoxy) is 1. The molecule has 190 valence electrons. The fraction of sp³-hybridized carbons (Fsp3) is 0.364. The molecule has 13 heteroatoms. The molecule has 0 radical (unpaired) electrons. The second kappa shape index (κ2) is 9.93. The highest BCUT2D eigenvalue weighted by atomic mass is 32.2. The van der Waals surface area contributed by atoms with Crippen molar-refractivity contribution >= 4 is 31.7 Å². The van der Waals surface area contributed by atoms with E-state index in [0.29, 0.717) is 0 Å². The van der Waals surface area contributed by atoms with Crippen LogP contribution in [0.3, 0.4) is 0 Å². The number of benzene rings is 2. The normalized spacial score (nSPS) is 16.6. The van der Waals surface area contributed by atoms with Crippen LogP contribution in [0.1, 0.15) is 37.0 Å². The second-order valence-corrected chi connectivity index (χ2v) is 12.5. The van der Waals surface area contributed by atoms with Crippen LogP contribution in [0.5, 0.6) is 11.5 Å². The van der Waals surface area contributed by atoms with E-state index < -0.39 is 37.3 Å². The van der Waals surface area contributed by atoms with Gasteiger partial charge in [-0.15, -0.1) is 0 Å². The van der Waals surface area contributed by atoms with Crippen LogP contribution in [0.25, 0.3) is 0 Å². The van der Waals surface area contributed by atoms with Crippen molar-refractivity contribution in [1.82, 2.24) is 15.4 Å². The number of carbonyl (C=O) groups is 1. The summed E-state index contributed by atoms with van der Waals surface area (Å²) in [6.45, 7) is 4.51. The molecule has 1 aliphatic rings. The highest BCUT2D eigenvalue weighted by Gasteiger charge is 2.35. The van der Waals surface area contributed by atoms with Crippen molar-refractivity contribution < 1.29 is 26.4 Å². The van der Waals surface area contributed by atoms with Crippen molar-refractivity contribution in [1.29, 1.82) is 5.41 Å². The lowest BCUT2D eigenvalue weighted by Crippen LogP contribution is -2.55. The minimum atomic E-state index is -3.81. The summed E-state index contributed by atoms with van der Waals surface area (Å²) >= 11 is 0. The third kappa shape index (κ3) is 6.57. The Hall–Kier alpha value is -3.00. The molecule has 1 atom stereocenters. The van der Waals surface area contributed by atoms with Gasteiger partial charge in [0.15, 0.2) is 15.8 Å². The molecule has 0 spiro atoms. The number of sulfone groups is 1. The molecule has 2 aromatic carbocycles. The fourth-order valence-corrected chi connectivity index (χ4v) is 6.07. The number of carbonyl (C=O) groups excluding carboxylic acids is 1. The van der Waals surface area contributed by atoms with E-state index in [1.807, 2.05) is 13.8 Å². The summed E-state index contributed by atoms with van der Waals surface area (Å²) in [6, 6.07) is 9.32. The maximum atomic E-state index is 12.9. The summed E-state index contributed by atoms with van der Waals surface area (Å²) in [7, 11) is -7.61. The van der Waals surface area contributed by atoms with Gasteiger partial charge in [-0.2, -0.15) is 0 Å². The first-order chi connectivity index (χ1) is 16.2. The van der Waals surface area contributed by atoms with Gasteiger partial charge in [-0.05, 0) is 75.7 Å². The number of amides is 1. The molecule has 0 aromatic heterocycles. The van der Waals surface area contributed by atoms with Crippen molar-refractivity contribution in [3.05, 3.63) is 48.0 Å². The van der Waals surface area contributed by atoms with E-state index in [9.17, 15) is 21.6 Å². The summed E-state index contributed by atoms with van der Waals surface area (Å²) in [5, 5.41) is 12.5. The average Bonchev–Trinajstić information content (AvgIpc) is 3.28. The Balaban J connectivity index is 1.82. The zero-order valence-corrected chi connectivity index (χ0v) is 21.2. The lowest BCUT2D eigenvalue weighted by atomic mass is 9.95.